The number of carbonyl (C=O) groups is 3. The summed E-state index contributed by atoms with van der Waals surface area (Å²) in [6.07, 6.45) is 3.60. The van der Waals surface area contributed by atoms with Gasteiger partial charge in [-0.3, -0.25) is 14.4 Å². The fourth-order valence-corrected chi connectivity index (χ4v) is 3.97. The van der Waals surface area contributed by atoms with Crippen LogP contribution in [-0.4, -0.2) is 58.4 Å². The highest BCUT2D eigenvalue weighted by atomic mass is 16.4. The highest BCUT2D eigenvalue weighted by molar-refractivity contribution is 5.88. The Kier molecular flexibility index (Phi) is 4.34. The van der Waals surface area contributed by atoms with Crippen molar-refractivity contribution in [1.29, 1.82) is 0 Å². The van der Waals surface area contributed by atoms with Crippen LogP contribution in [0.25, 0.3) is 0 Å². The van der Waals surface area contributed by atoms with E-state index in [1.54, 1.807) is 29.2 Å². The molecule has 7 nitrogen and oxygen atoms in total. The van der Waals surface area contributed by atoms with Gasteiger partial charge in [0.15, 0.2) is 0 Å². The normalized spacial score (nSPS) is 23.0. The van der Waals surface area contributed by atoms with Gasteiger partial charge >= 0.3 is 5.97 Å². The van der Waals surface area contributed by atoms with Crippen LogP contribution in [0.3, 0.4) is 0 Å². The van der Waals surface area contributed by atoms with E-state index in [0.29, 0.717) is 38.8 Å². The van der Waals surface area contributed by atoms with Crippen LogP contribution >= 0.6 is 0 Å². The molecule has 2 fully saturated rings. The maximum absolute atomic E-state index is 12.3. The van der Waals surface area contributed by atoms with E-state index < -0.39 is 17.4 Å². The molecule has 0 aromatic carbocycles. The predicted molar refractivity (Wildman–Crippen MR) is 84.1 cm³/mol. The number of furan rings is 1. The number of piperidine rings is 1. The summed E-state index contributed by atoms with van der Waals surface area (Å²) in [7, 11) is 1.68. The van der Waals surface area contributed by atoms with Gasteiger partial charge in [0.2, 0.25) is 11.8 Å². The fraction of sp³-hybridized carbons (Fsp3) is 0.588. The van der Waals surface area contributed by atoms with Gasteiger partial charge in [-0.1, -0.05) is 0 Å². The lowest BCUT2D eigenvalue weighted by atomic mass is 9.77. The third-order valence-electron chi connectivity index (χ3n) is 5.51. The van der Waals surface area contributed by atoms with Crippen LogP contribution in [-0.2, 0) is 20.8 Å². The first-order valence-electron chi connectivity index (χ1n) is 8.24. The smallest absolute Gasteiger partial charge is 0.309 e. The Bertz CT molecular complexity index is 631. The van der Waals surface area contributed by atoms with Crippen LogP contribution in [0, 0.1) is 5.92 Å². The van der Waals surface area contributed by atoms with E-state index in [1.807, 2.05) is 6.07 Å². The van der Waals surface area contributed by atoms with Crippen molar-refractivity contribution in [3.8, 4) is 0 Å². The van der Waals surface area contributed by atoms with Gasteiger partial charge in [-0.25, -0.2) is 0 Å². The van der Waals surface area contributed by atoms with Gasteiger partial charge in [0.25, 0.3) is 0 Å². The number of nitrogens with zero attached hydrogens (tertiary/aromatic N) is 2. The molecule has 2 aliphatic rings. The zero-order chi connectivity index (χ0) is 17.3. The summed E-state index contributed by atoms with van der Waals surface area (Å²) in [5.74, 6) is -0.912. The van der Waals surface area contributed by atoms with Crippen LogP contribution in [0.2, 0.25) is 0 Å². The van der Waals surface area contributed by atoms with E-state index in [0.717, 1.165) is 5.76 Å². The number of aliphatic carboxylic acids is 1. The molecule has 1 N–H and O–H groups in total. The molecule has 0 bridgehead atoms. The van der Waals surface area contributed by atoms with E-state index in [-0.39, 0.29) is 18.2 Å². The van der Waals surface area contributed by atoms with Crippen molar-refractivity contribution in [2.45, 2.75) is 37.6 Å². The van der Waals surface area contributed by atoms with Crippen molar-refractivity contribution in [3.05, 3.63) is 24.2 Å². The lowest BCUT2D eigenvalue weighted by molar-refractivity contribution is -0.147. The molecule has 1 spiro atoms. The monoisotopic (exact) mass is 334 g/mol. The molecule has 0 radical (unpaired) electrons. The van der Waals surface area contributed by atoms with Crippen molar-refractivity contribution >= 4 is 17.8 Å². The summed E-state index contributed by atoms with van der Waals surface area (Å²) in [5, 5.41) is 9.46. The Morgan fingerprint density at radius 2 is 2.08 bits per heavy atom. The molecule has 0 saturated carbocycles. The third kappa shape index (κ3) is 2.79. The third-order valence-corrected chi connectivity index (χ3v) is 5.51. The van der Waals surface area contributed by atoms with Crippen molar-refractivity contribution < 1.29 is 23.9 Å². The number of carbonyl (C=O) groups excluding carboxylic acids is 2. The van der Waals surface area contributed by atoms with Gasteiger partial charge < -0.3 is 19.3 Å². The summed E-state index contributed by atoms with van der Waals surface area (Å²) in [5.41, 5.74) is -0.652. The minimum atomic E-state index is -0.926. The van der Waals surface area contributed by atoms with Gasteiger partial charge in [0.1, 0.15) is 5.76 Å². The fourth-order valence-electron chi connectivity index (χ4n) is 3.97. The van der Waals surface area contributed by atoms with Crippen LogP contribution in [0.15, 0.2) is 22.8 Å². The molecule has 1 aromatic heterocycles. The molecular weight excluding hydrogens is 312 g/mol. The SMILES string of the molecule is CN1C(=O)CC(C(=O)O)C12CCN(C(=O)CCc1ccco1)CC2. The molecule has 1 unspecified atom stereocenters. The highest BCUT2D eigenvalue weighted by Crippen LogP contribution is 2.42. The van der Waals surface area contributed by atoms with Crippen molar-refractivity contribution in [2.75, 3.05) is 20.1 Å². The average molecular weight is 334 g/mol. The van der Waals surface area contributed by atoms with E-state index in [4.69, 9.17) is 4.42 Å². The number of hydrogen-bond donors (Lipinski definition) is 1. The molecular formula is C17H22N2O5. The quantitative estimate of drug-likeness (QED) is 0.891. The standard InChI is InChI=1S/C17H22N2O5/c1-18-15(21)11-13(16(22)23)17(18)6-8-19(9-7-17)14(20)5-4-12-3-2-10-24-12/h2-3,10,13H,4-9,11H2,1H3,(H,22,23). The van der Waals surface area contributed by atoms with Gasteiger partial charge in [0.05, 0.1) is 17.7 Å². The molecule has 0 aliphatic carbocycles. The van der Waals surface area contributed by atoms with Gasteiger partial charge in [-0.15, -0.1) is 0 Å². The number of rotatable bonds is 4. The van der Waals surface area contributed by atoms with Crippen LogP contribution in [0.5, 0.6) is 0 Å². The molecule has 2 amide bonds. The van der Waals surface area contributed by atoms with Crippen LogP contribution in [0.1, 0.15) is 31.4 Å². The second kappa shape index (κ2) is 6.30. The van der Waals surface area contributed by atoms with Gasteiger partial charge in [-0.05, 0) is 25.0 Å². The number of carboxylic acids is 1. The lowest BCUT2D eigenvalue weighted by Gasteiger charge is -2.45. The zero-order valence-electron chi connectivity index (χ0n) is 13.7. The minimum absolute atomic E-state index is 0.0418. The van der Waals surface area contributed by atoms with E-state index in [9.17, 15) is 19.5 Å². The first-order valence-corrected chi connectivity index (χ1v) is 8.24. The lowest BCUT2D eigenvalue weighted by Crippen LogP contribution is -2.56. The zero-order valence-corrected chi connectivity index (χ0v) is 13.7. The van der Waals surface area contributed by atoms with Crippen LogP contribution < -0.4 is 0 Å². The van der Waals surface area contributed by atoms with E-state index in [1.165, 1.54) is 0 Å². The summed E-state index contributed by atoms with van der Waals surface area (Å²) in [4.78, 5) is 39.2. The molecule has 3 heterocycles. The largest absolute Gasteiger partial charge is 0.481 e. The Morgan fingerprint density at radius 3 is 2.67 bits per heavy atom. The predicted octanol–water partition coefficient (Wildman–Crippen LogP) is 1.14. The first kappa shape index (κ1) is 16.5. The highest BCUT2D eigenvalue weighted by Gasteiger charge is 2.55. The Hall–Kier alpha value is -2.31. The number of hydrogen-bond acceptors (Lipinski definition) is 4. The molecule has 1 atom stereocenters. The number of aryl methyl sites for hydroxylation is 1. The number of amides is 2. The second-order valence-corrected chi connectivity index (χ2v) is 6.61. The molecule has 1 aromatic rings. The second-order valence-electron chi connectivity index (χ2n) is 6.61. The molecule has 130 valence electrons. The molecule has 2 aliphatic heterocycles. The Morgan fingerprint density at radius 1 is 1.38 bits per heavy atom. The maximum Gasteiger partial charge on any atom is 0.309 e. The summed E-state index contributed by atoms with van der Waals surface area (Å²) >= 11 is 0. The van der Waals surface area contributed by atoms with Gasteiger partial charge in [0, 0.05) is 39.4 Å². The minimum Gasteiger partial charge on any atom is -0.481 e. The molecule has 7 heteroatoms. The van der Waals surface area contributed by atoms with Crippen molar-refractivity contribution in [3.63, 3.8) is 0 Å². The average Bonchev–Trinajstić information content (AvgIpc) is 3.17. The van der Waals surface area contributed by atoms with E-state index in [2.05, 4.69) is 0 Å². The number of carboxylic acid groups (broad SMARTS) is 1. The Labute approximate surface area is 140 Å². The topological polar surface area (TPSA) is 91.1 Å². The molecule has 2 saturated heterocycles. The summed E-state index contributed by atoms with van der Waals surface area (Å²) < 4.78 is 5.23. The first-order chi connectivity index (χ1) is 11.4. The van der Waals surface area contributed by atoms with E-state index >= 15 is 0 Å². The maximum atomic E-state index is 12.3. The summed E-state index contributed by atoms with van der Waals surface area (Å²) in [6.45, 7) is 0.969. The van der Waals surface area contributed by atoms with Gasteiger partial charge in [-0.2, -0.15) is 0 Å². The summed E-state index contributed by atoms with van der Waals surface area (Å²) in [6, 6.07) is 3.64. The Balaban J connectivity index is 1.61. The van der Waals surface area contributed by atoms with Crippen molar-refractivity contribution in [2.24, 2.45) is 5.92 Å². The van der Waals surface area contributed by atoms with Crippen molar-refractivity contribution in [1.82, 2.24) is 9.80 Å². The number of likely N-dealkylation sites (tertiary alicyclic amines) is 2. The molecule has 24 heavy (non-hydrogen) atoms. The van der Waals surface area contributed by atoms with Crippen LogP contribution in [0.4, 0.5) is 0 Å². The molecule has 3 rings (SSSR count).